The van der Waals surface area contributed by atoms with Crippen molar-refractivity contribution in [2.75, 3.05) is 26.2 Å². The highest BCUT2D eigenvalue weighted by atomic mass is 16.3. The van der Waals surface area contributed by atoms with E-state index in [1.807, 2.05) is 35.2 Å². The van der Waals surface area contributed by atoms with Gasteiger partial charge in [-0.2, -0.15) is 0 Å². The molecule has 7 heteroatoms. The van der Waals surface area contributed by atoms with E-state index < -0.39 is 5.41 Å². The number of likely N-dealkylation sites (tertiary alicyclic amines) is 2. The van der Waals surface area contributed by atoms with E-state index in [4.69, 9.17) is 0 Å². The van der Waals surface area contributed by atoms with Crippen molar-refractivity contribution < 1.29 is 14.7 Å². The molecule has 0 aliphatic carbocycles. The highest BCUT2D eigenvalue weighted by molar-refractivity contribution is 5.88. The van der Waals surface area contributed by atoms with Crippen molar-refractivity contribution >= 4 is 11.8 Å². The maximum absolute atomic E-state index is 13.4. The Morgan fingerprint density at radius 1 is 1.07 bits per heavy atom. The minimum absolute atomic E-state index is 0.0474. The van der Waals surface area contributed by atoms with Crippen molar-refractivity contribution in [3.8, 4) is 0 Å². The van der Waals surface area contributed by atoms with Crippen LogP contribution in [0.1, 0.15) is 30.5 Å². The van der Waals surface area contributed by atoms with Crippen LogP contribution >= 0.6 is 0 Å². The number of benzene rings is 1. The predicted molar refractivity (Wildman–Crippen MR) is 111 cm³/mol. The Morgan fingerprint density at radius 3 is 2.47 bits per heavy atom. The summed E-state index contributed by atoms with van der Waals surface area (Å²) in [7, 11) is 0. The van der Waals surface area contributed by atoms with E-state index in [0.717, 1.165) is 11.3 Å². The van der Waals surface area contributed by atoms with Gasteiger partial charge in [-0.3, -0.25) is 19.6 Å². The van der Waals surface area contributed by atoms with Gasteiger partial charge in [0.15, 0.2) is 0 Å². The van der Waals surface area contributed by atoms with Gasteiger partial charge in [0, 0.05) is 51.2 Å². The average Bonchev–Trinajstić information content (AvgIpc) is 2.76. The van der Waals surface area contributed by atoms with Crippen LogP contribution in [0.4, 0.5) is 0 Å². The van der Waals surface area contributed by atoms with Crippen LogP contribution in [0.25, 0.3) is 0 Å². The number of amides is 2. The third-order valence-electron chi connectivity index (χ3n) is 6.14. The maximum atomic E-state index is 13.4. The monoisotopic (exact) mass is 408 g/mol. The molecule has 0 atom stereocenters. The first-order valence-corrected chi connectivity index (χ1v) is 10.6. The Morgan fingerprint density at radius 2 is 1.80 bits per heavy atom. The summed E-state index contributed by atoms with van der Waals surface area (Å²) < 4.78 is 0. The molecule has 0 saturated carbocycles. The van der Waals surface area contributed by atoms with E-state index in [0.29, 0.717) is 58.3 Å². The summed E-state index contributed by atoms with van der Waals surface area (Å²) >= 11 is 0. The van der Waals surface area contributed by atoms with Crippen LogP contribution in [-0.4, -0.2) is 69.0 Å². The van der Waals surface area contributed by atoms with Gasteiger partial charge in [0.2, 0.25) is 11.8 Å². The molecule has 7 nitrogen and oxygen atoms in total. The molecule has 2 fully saturated rings. The largest absolute Gasteiger partial charge is 0.393 e. The molecule has 30 heavy (non-hydrogen) atoms. The Kier molecular flexibility index (Phi) is 6.08. The molecule has 0 unspecified atom stereocenters. The molecule has 2 amide bonds. The number of nitrogens with zero attached hydrogens (tertiary/aromatic N) is 4. The zero-order valence-electron chi connectivity index (χ0n) is 17.1. The molecular formula is C23H28N4O3. The molecule has 4 rings (SSSR count). The molecule has 0 bridgehead atoms. The smallest absolute Gasteiger partial charge is 0.232 e. The van der Waals surface area contributed by atoms with Crippen molar-refractivity contribution in [2.45, 2.75) is 38.2 Å². The lowest BCUT2D eigenvalue weighted by atomic mass is 9.73. The van der Waals surface area contributed by atoms with Crippen LogP contribution in [0.3, 0.4) is 0 Å². The van der Waals surface area contributed by atoms with Gasteiger partial charge in [-0.05, 0) is 31.2 Å². The average molecular weight is 409 g/mol. The molecule has 158 valence electrons. The molecule has 0 spiro atoms. The van der Waals surface area contributed by atoms with E-state index in [1.165, 1.54) is 0 Å². The number of piperidine rings is 1. The normalized spacial score (nSPS) is 18.7. The van der Waals surface area contributed by atoms with Crippen molar-refractivity contribution in [2.24, 2.45) is 5.41 Å². The molecule has 2 aliphatic rings. The SMILES string of the molecule is O=C(CCc1cnccn1)N1CC(Cc2ccccc2)(C(=O)N2CCC(O)CC2)C1. The highest BCUT2D eigenvalue weighted by Crippen LogP contribution is 2.37. The molecule has 2 aromatic rings. The molecule has 2 aliphatic heterocycles. The topological polar surface area (TPSA) is 86.6 Å². The van der Waals surface area contributed by atoms with Crippen molar-refractivity contribution in [1.29, 1.82) is 0 Å². The number of hydrogen-bond donors (Lipinski definition) is 1. The number of hydrogen-bond acceptors (Lipinski definition) is 5. The highest BCUT2D eigenvalue weighted by Gasteiger charge is 2.52. The van der Waals surface area contributed by atoms with Crippen molar-refractivity contribution in [3.05, 3.63) is 60.2 Å². The quantitative estimate of drug-likeness (QED) is 0.782. The fraction of sp³-hybridized carbons (Fsp3) is 0.478. The Balaban J connectivity index is 1.42. The Hall–Kier alpha value is -2.80. The number of carbonyl (C=O) groups is 2. The minimum Gasteiger partial charge on any atom is -0.393 e. The summed E-state index contributed by atoms with van der Waals surface area (Å²) in [5.41, 5.74) is 1.32. The molecule has 3 heterocycles. The van der Waals surface area contributed by atoms with E-state index in [1.54, 1.807) is 23.5 Å². The molecule has 1 aromatic heterocycles. The van der Waals surface area contributed by atoms with Gasteiger partial charge < -0.3 is 14.9 Å². The molecular weight excluding hydrogens is 380 g/mol. The number of aliphatic hydroxyl groups excluding tert-OH is 1. The van der Waals surface area contributed by atoms with Gasteiger partial charge in [0.1, 0.15) is 0 Å². The first-order valence-electron chi connectivity index (χ1n) is 10.6. The lowest BCUT2D eigenvalue weighted by molar-refractivity contribution is -0.162. The van der Waals surface area contributed by atoms with Crippen LogP contribution in [0.15, 0.2) is 48.9 Å². The zero-order chi connectivity index (χ0) is 21.0. The second-order valence-electron chi connectivity index (χ2n) is 8.41. The number of aromatic nitrogens is 2. The summed E-state index contributed by atoms with van der Waals surface area (Å²) in [6, 6.07) is 9.99. The fourth-order valence-corrected chi connectivity index (χ4v) is 4.43. The van der Waals surface area contributed by atoms with Crippen LogP contribution < -0.4 is 0 Å². The maximum Gasteiger partial charge on any atom is 0.232 e. The predicted octanol–water partition coefficient (Wildman–Crippen LogP) is 1.46. The molecule has 2 saturated heterocycles. The van der Waals surface area contributed by atoms with E-state index in [9.17, 15) is 14.7 Å². The summed E-state index contributed by atoms with van der Waals surface area (Å²) in [6.07, 6.45) is 7.38. The first-order chi connectivity index (χ1) is 14.6. The lowest BCUT2D eigenvalue weighted by Gasteiger charge is -2.51. The van der Waals surface area contributed by atoms with Gasteiger partial charge in [-0.15, -0.1) is 0 Å². The standard InChI is InChI=1S/C23H28N4O3/c28-20-8-12-26(13-9-20)22(30)23(14-18-4-2-1-3-5-18)16-27(17-23)21(29)7-6-19-15-24-10-11-25-19/h1-5,10-11,15,20,28H,6-9,12-14,16-17H2. The number of carbonyl (C=O) groups excluding carboxylic acids is 2. The molecule has 1 aromatic carbocycles. The van der Waals surface area contributed by atoms with Crippen molar-refractivity contribution in [3.63, 3.8) is 0 Å². The van der Waals surface area contributed by atoms with Gasteiger partial charge >= 0.3 is 0 Å². The van der Waals surface area contributed by atoms with E-state index in [-0.39, 0.29) is 17.9 Å². The Bertz CT molecular complexity index is 861. The van der Waals surface area contributed by atoms with Crippen LogP contribution in [0.5, 0.6) is 0 Å². The van der Waals surface area contributed by atoms with Gasteiger partial charge in [0.05, 0.1) is 17.2 Å². The second-order valence-corrected chi connectivity index (χ2v) is 8.41. The zero-order valence-corrected chi connectivity index (χ0v) is 17.1. The van der Waals surface area contributed by atoms with E-state index >= 15 is 0 Å². The van der Waals surface area contributed by atoms with Crippen molar-refractivity contribution in [1.82, 2.24) is 19.8 Å². The van der Waals surface area contributed by atoms with Gasteiger partial charge in [-0.25, -0.2) is 0 Å². The third kappa shape index (κ3) is 4.51. The molecule has 0 radical (unpaired) electrons. The summed E-state index contributed by atoms with van der Waals surface area (Å²) in [5.74, 6) is 0.155. The van der Waals surface area contributed by atoms with Gasteiger partial charge in [-0.1, -0.05) is 30.3 Å². The molecule has 1 N–H and O–H groups in total. The number of rotatable bonds is 6. The van der Waals surface area contributed by atoms with Gasteiger partial charge in [0.25, 0.3) is 0 Å². The minimum atomic E-state index is -0.578. The summed E-state index contributed by atoms with van der Waals surface area (Å²) in [6.45, 7) is 2.05. The number of aryl methyl sites for hydroxylation is 1. The first kappa shape index (κ1) is 20.5. The van der Waals surface area contributed by atoms with E-state index in [2.05, 4.69) is 9.97 Å². The van der Waals surface area contributed by atoms with Crippen LogP contribution in [0, 0.1) is 5.41 Å². The fourth-order valence-electron chi connectivity index (χ4n) is 4.43. The summed E-state index contributed by atoms with van der Waals surface area (Å²) in [5, 5.41) is 9.79. The second kappa shape index (κ2) is 8.92. The van der Waals surface area contributed by atoms with Crippen LogP contribution in [0.2, 0.25) is 0 Å². The number of aliphatic hydroxyl groups is 1. The van der Waals surface area contributed by atoms with Crippen LogP contribution in [-0.2, 0) is 22.4 Å². The Labute approximate surface area is 176 Å². The third-order valence-corrected chi connectivity index (χ3v) is 6.14. The lowest BCUT2D eigenvalue weighted by Crippen LogP contribution is -2.66. The summed E-state index contributed by atoms with van der Waals surface area (Å²) in [4.78, 5) is 38.1.